The molecule has 2 rings (SSSR count). The van der Waals surface area contributed by atoms with Crippen LogP contribution in [0.25, 0.3) is 0 Å². The zero-order chi connectivity index (χ0) is 14.8. The molecular weight excluding hydrogens is 273 g/mol. The van der Waals surface area contributed by atoms with Crippen LogP contribution in [0.4, 0.5) is 13.2 Å². The summed E-state index contributed by atoms with van der Waals surface area (Å²) in [4.78, 5) is 0. The Balaban J connectivity index is 2.35. The number of hydrogen-bond acceptors (Lipinski definition) is 3. The zero-order valence-electron chi connectivity index (χ0n) is 10.7. The van der Waals surface area contributed by atoms with Gasteiger partial charge in [0, 0.05) is 0 Å². The molecule has 0 spiro atoms. The first-order valence-corrected chi connectivity index (χ1v) is 6.27. The number of nitrogens with two attached hydrogens (primary N) is 1. The second-order valence-electron chi connectivity index (χ2n) is 4.72. The van der Waals surface area contributed by atoms with E-state index in [2.05, 4.69) is 5.16 Å². The van der Waals surface area contributed by atoms with Crippen LogP contribution in [0.15, 0.2) is 23.4 Å². The van der Waals surface area contributed by atoms with Crippen molar-refractivity contribution < 1.29 is 23.1 Å². The summed E-state index contributed by atoms with van der Waals surface area (Å²) in [6, 6.07) is 2.98. The molecule has 7 heteroatoms. The Morgan fingerprint density at radius 3 is 2.50 bits per heavy atom. The number of hydrogen-bond donors (Lipinski definition) is 2. The van der Waals surface area contributed by atoms with Crippen LogP contribution in [0.5, 0.6) is 5.75 Å². The van der Waals surface area contributed by atoms with Crippen molar-refractivity contribution in [2.24, 2.45) is 10.9 Å². The SMILES string of the molecule is N/C(=N\O)c1cc(C(F)(F)F)ccc1OC1CCCC1. The van der Waals surface area contributed by atoms with Crippen LogP contribution in [0, 0.1) is 0 Å². The minimum Gasteiger partial charge on any atom is -0.490 e. The van der Waals surface area contributed by atoms with Crippen LogP contribution in [-0.2, 0) is 6.18 Å². The molecule has 1 aromatic rings. The summed E-state index contributed by atoms with van der Waals surface area (Å²) in [5.74, 6) is -0.190. The van der Waals surface area contributed by atoms with Crippen molar-refractivity contribution in [1.29, 1.82) is 0 Å². The third kappa shape index (κ3) is 3.15. The molecule has 1 saturated carbocycles. The smallest absolute Gasteiger partial charge is 0.416 e. The highest BCUT2D eigenvalue weighted by Crippen LogP contribution is 2.34. The second-order valence-corrected chi connectivity index (χ2v) is 4.72. The molecule has 1 fully saturated rings. The number of ether oxygens (including phenoxy) is 1. The number of halogens is 3. The topological polar surface area (TPSA) is 67.8 Å². The van der Waals surface area contributed by atoms with E-state index in [0.29, 0.717) is 0 Å². The van der Waals surface area contributed by atoms with Crippen LogP contribution in [0.3, 0.4) is 0 Å². The van der Waals surface area contributed by atoms with E-state index >= 15 is 0 Å². The summed E-state index contributed by atoms with van der Waals surface area (Å²) in [6.45, 7) is 0. The molecule has 0 atom stereocenters. The van der Waals surface area contributed by atoms with Gasteiger partial charge in [-0.05, 0) is 43.9 Å². The maximum absolute atomic E-state index is 12.7. The molecule has 0 radical (unpaired) electrons. The fourth-order valence-corrected chi connectivity index (χ4v) is 2.25. The average molecular weight is 288 g/mol. The van der Waals surface area contributed by atoms with Crippen LogP contribution in [0.1, 0.15) is 36.8 Å². The van der Waals surface area contributed by atoms with Gasteiger partial charge in [-0.15, -0.1) is 0 Å². The van der Waals surface area contributed by atoms with Gasteiger partial charge in [-0.2, -0.15) is 13.2 Å². The van der Waals surface area contributed by atoms with Crippen molar-refractivity contribution in [2.45, 2.75) is 38.0 Å². The Hall–Kier alpha value is -1.92. The molecule has 0 bridgehead atoms. The number of alkyl halides is 3. The summed E-state index contributed by atoms with van der Waals surface area (Å²) in [6.07, 6.45) is -0.741. The summed E-state index contributed by atoms with van der Waals surface area (Å²) < 4.78 is 43.7. The highest BCUT2D eigenvalue weighted by molar-refractivity contribution is 5.99. The predicted molar refractivity (Wildman–Crippen MR) is 66.8 cm³/mol. The van der Waals surface area contributed by atoms with Crippen molar-refractivity contribution in [1.82, 2.24) is 0 Å². The molecule has 1 aromatic carbocycles. The standard InChI is InChI=1S/C13H15F3N2O2/c14-13(15,16)8-5-6-11(10(7-8)12(17)18-19)20-9-3-1-2-4-9/h5-7,9,19H,1-4H2,(H2,17,18). The molecule has 0 aromatic heterocycles. The lowest BCUT2D eigenvalue weighted by atomic mass is 10.1. The third-order valence-electron chi connectivity index (χ3n) is 3.29. The van der Waals surface area contributed by atoms with Gasteiger partial charge in [0.2, 0.25) is 0 Å². The van der Waals surface area contributed by atoms with E-state index in [1.54, 1.807) is 0 Å². The normalized spacial score (nSPS) is 17.4. The molecule has 3 N–H and O–H groups in total. The zero-order valence-corrected chi connectivity index (χ0v) is 10.7. The van der Waals surface area contributed by atoms with E-state index in [4.69, 9.17) is 15.7 Å². The second kappa shape index (κ2) is 5.60. The third-order valence-corrected chi connectivity index (χ3v) is 3.29. The molecule has 4 nitrogen and oxygen atoms in total. The summed E-state index contributed by atoms with van der Waals surface area (Å²) >= 11 is 0. The number of amidine groups is 1. The lowest BCUT2D eigenvalue weighted by molar-refractivity contribution is -0.137. The Morgan fingerprint density at radius 1 is 1.30 bits per heavy atom. The molecular formula is C13H15F3N2O2. The highest BCUT2D eigenvalue weighted by atomic mass is 19.4. The molecule has 0 heterocycles. The minimum atomic E-state index is -4.49. The fourth-order valence-electron chi connectivity index (χ4n) is 2.25. The monoisotopic (exact) mass is 288 g/mol. The van der Waals surface area contributed by atoms with Gasteiger partial charge in [-0.3, -0.25) is 0 Å². The minimum absolute atomic E-state index is 0.0306. The van der Waals surface area contributed by atoms with Crippen molar-refractivity contribution in [2.75, 3.05) is 0 Å². The number of nitrogens with zero attached hydrogens (tertiary/aromatic N) is 1. The van der Waals surface area contributed by atoms with Crippen molar-refractivity contribution in [3.8, 4) is 5.75 Å². The Kier molecular flexibility index (Phi) is 4.06. The highest BCUT2D eigenvalue weighted by Gasteiger charge is 2.32. The van der Waals surface area contributed by atoms with E-state index in [9.17, 15) is 13.2 Å². The van der Waals surface area contributed by atoms with Gasteiger partial charge >= 0.3 is 6.18 Å². The lowest BCUT2D eigenvalue weighted by Gasteiger charge is -2.17. The number of oxime groups is 1. The van der Waals surface area contributed by atoms with Crippen LogP contribution < -0.4 is 10.5 Å². The average Bonchev–Trinajstić information content (AvgIpc) is 2.90. The predicted octanol–water partition coefficient (Wildman–Crippen LogP) is 3.12. The van der Waals surface area contributed by atoms with Gasteiger partial charge in [0.1, 0.15) is 5.75 Å². The summed E-state index contributed by atoms with van der Waals surface area (Å²) in [7, 11) is 0. The Bertz CT molecular complexity index is 509. The van der Waals surface area contributed by atoms with E-state index < -0.39 is 17.6 Å². The first kappa shape index (κ1) is 14.5. The van der Waals surface area contributed by atoms with Gasteiger partial charge in [-0.25, -0.2) is 0 Å². The molecule has 1 aliphatic rings. The van der Waals surface area contributed by atoms with Gasteiger partial charge in [-0.1, -0.05) is 5.16 Å². The fraction of sp³-hybridized carbons (Fsp3) is 0.462. The first-order valence-electron chi connectivity index (χ1n) is 6.27. The van der Waals surface area contributed by atoms with Crippen molar-refractivity contribution in [3.05, 3.63) is 29.3 Å². The lowest BCUT2D eigenvalue weighted by Crippen LogP contribution is -2.19. The maximum atomic E-state index is 12.7. The molecule has 20 heavy (non-hydrogen) atoms. The van der Waals surface area contributed by atoms with Crippen LogP contribution >= 0.6 is 0 Å². The molecule has 0 aliphatic heterocycles. The first-order chi connectivity index (χ1) is 9.41. The summed E-state index contributed by atoms with van der Waals surface area (Å²) in [5, 5.41) is 11.5. The molecule has 0 unspecified atom stereocenters. The largest absolute Gasteiger partial charge is 0.490 e. The Morgan fingerprint density at radius 2 is 1.95 bits per heavy atom. The molecule has 110 valence electrons. The van der Waals surface area contributed by atoms with Crippen molar-refractivity contribution >= 4 is 5.84 Å². The van der Waals surface area contributed by atoms with Crippen molar-refractivity contribution in [3.63, 3.8) is 0 Å². The summed E-state index contributed by atoms with van der Waals surface area (Å²) in [5.41, 5.74) is 4.52. The van der Waals surface area contributed by atoms with E-state index in [-0.39, 0.29) is 17.4 Å². The number of rotatable bonds is 3. The van der Waals surface area contributed by atoms with Gasteiger partial charge in [0.05, 0.1) is 17.2 Å². The van der Waals surface area contributed by atoms with Crippen LogP contribution in [0.2, 0.25) is 0 Å². The molecule has 0 saturated heterocycles. The van der Waals surface area contributed by atoms with E-state index in [0.717, 1.165) is 37.8 Å². The quantitative estimate of drug-likeness (QED) is 0.388. The molecule has 1 aliphatic carbocycles. The van der Waals surface area contributed by atoms with E-state index in [1.807, 2.05) is 0 Å². The van der Waals surface area contributed by atoms with Gasteiger partial charge < -0.3 is 15.7 Å². The maximum Gasteiger partial charge on any atom is 0.416 e. The Labute approximate surface area is 114 Å². The van der Waals surface area contributed by atoms with Gasteiger partial charge in [0.15, 0.2) is 5.84 Å². The number of benzene rings is 1. The van der Waals surface area contributed by atoms with Gasteiger partial charge in [0.25, 0.3) is 0 Å². The van der Waals surface area contributed by atoms with Crippen LogP contribution in [-0.4, -0.2) is 17.1 Å². The van der Waals surface area contributed by atoms with E-state index in [1.165, 1.54) is 6.07 Å². The molecule has 0 amide bonds.